The van der Waals surface area contributed by atoms with Crippen LogP contribution in [-0.4, -0.2) is 60.5 Å². The quantitative estimate of drug-likeness (QED) is 0.833. The van der Waals surface area contributed by atoms with Crippen LogP contribution in [0.1, 0.15) is 46.5 Å². The van der Waals surface area contributed by atoms with Gasteiger partial charge in [0.25, 0.3) is 0 Å². The van der Waals surface area contributed by atoms with Gasteiger partial charge in [0.1, 0.15) is 0 Å². The standard InChI is InChI=1S/C16H31N3O/c1-13(2)19(12-15-7-6-8-17-11-15)14(3)16(20)18-9-4-5-10-18/h13-15,17H,4-12H2,1-3H3. The first kappa shape index (κ1) is 15.8. The molecule has 4 heteroatoms. The third-order valence-electron chi connectivity index (χ3n) is 4.80. The van der Waals surface area contributed by atoms with Crippen LogP contribution in [-0.2, 0) is 4.79 Å². The van der Waals surface area contributed by atoms with Crippen molar-refractivity contribution in [3.8, 4) is 0 Å². The summed E-state index contributed by atoms with van der Waals surface area (Å²) in [5, 5.41) is 3.48. The van der Waals surface area contributed by atoms with Crippen LogP contribution in [0.3, 0.4) is 0 Å². The Hall–Kier alpha value is -0.610. The second-order valence-corrected chi connectivity index (χ2v) is 6.71. The Morgan fingerprint density at radius 3 is 2.50 bits per heavy atom. The van der Waals surface area contributed by atoms with E-state index in [4.69, 9.17) is 0 Å². The van der Waals surface area contributed by atoms with Gasteiger partial charge in [-0.2, -0.15) is 0 Å². The predicted molar refractivity (Wildman–Crippen MR) is 82.7 cm³/mol. The van der Waals surface area contributed by atoms with Crippen molar-refractivity contribution in [2.75, 3.05) is 32.7 Å². The van der Waals surface area contributed by atoms with Crippen molar-refractivity contribution < 1.29 is 4.79 Å². The lowest BCUT2D eigenvalue weighted by atomic mass is 9.97. The van der Waals surface area contributed by atoms with E-state index in [0.29, 0.717) is 17.9 Å². The Kier molecular flexibility index (Phi) is 5.85. The fourth-order valence-electron chi connectivity index (χ4n) is 3.54. The number of piperidine rings is 1. The molecule has 2 saturated heterocycles. The highest BCUT2D eigenvalue weighted by Crippen LogP contribution is 2.18. The van der Waals surface area contributed by atoms with Crippen LogP contribution in [0, 0.1) is 5.92 Å². The summed E-state index contributed by atoms with van der Waals surface area (Å²) in [6.45, 7) is 11.7. The summed E-state index contributed by atoms with van der Waals surface area (Å²) in [6.07, 6.45) is 4.91. The molecule has 2 atom stereocenters. The summed E-state index contributed by atoms with van der Waals surface area (Å²) >= 11 is 0. The molecule has 0 aromatic carbocycles. The normalized spacial score (nSPS) is 25.4. The number of carbonyl (C=O) groups is 1. The molecule has 1 N–H and O–H groups in total. The molecule has 0 spiro atoms. The number of nitrogens with one attached hydrogen (secondary N) is 1. The van der Waals surface area contributed by atoms with E-state index in [1.807, 2.05) is 0 Å². The Balaban J connectivity index is 1.93. The lowest BCUT2D eigenvalue weighted by molar-refractivity contribution is -0.136. The number of hydrogen-bond acceptors (Lipinski definition) is 3. The average molecular weight is 281 g/mol. The largest absolute Gasteiger partial charge is 0.341 e. The summed E-state index contributed by atoms with van der Waals surface area (Å²) in [5.41, 5.74) is 0. The van der Waals surface area contributed by atoms with Crippen LogP contribution in [0.4, 0.5) is 0 Å². The number of carbonyl (C=O) groups excluding carboxylic acids is 1. The van der Waals surface area contributed by atoms with Gasteiger partial charge >= 0.3 is 0 Å². The summed E-state index contributed by atoms with van der Waals surface area (Å²) in [5.74, 6) is 1.03. The number of hydrogen-bond donors (Lipinski definition) is 1. The van der Waals surface area contributed by atoms with Crippen molar-refractivity contribution in [2.45, 2.75) is 58.5 Å². The zero-order chi connectivity index (χ0) is 14.5. The molecule has 2 aliphatic heterocycles. The molecule has 0 bridgehead atoms. The van der Waals surface area contributed by atoms with E-state index in [9.17, 15) is 4.79 Å². The van der Waals surface area contributed by atoms with E-state index in [0.717, 1.165) is 32.7 Å². The molecular formula is C16H31N3O. The second-order valence-electron chi connectivity index (χ2n) is 6.71. The van der Waals surface area contributed by atoms with Crippen LogP contribution in [0.15, 0.2) is 0 Å². The monoisotopic (exact) mass is 281 g/mol. The fourth-order valence-corrected chi connectivity index (χ4v) is 3.54. The van der Waals surface area contributed by atoms with Gasteiger partial charge in [-0.05, 0) is 65.5 Å². The highest BCUT2D eigenvalue weighted by Gasteiger charge is 2.30. The minimum absolute atomic E-state index is 0.0232. The maximum atomic E-state index is 12.6. The van der Waals surface area contributed by atoms with E-state index >= 15 is 0 Å². The van der Waals surface area contributed by atoms with Crippen molar-refractivity contribution >= 4 is 5.91 Å². The van der Waals surface area contributed by atoms with Crippen molar-refractivity contribution in [1.82, 2.24) is 15.1 Å². The minimum Gasteiger partial charge on any atom is -0.341 e. The molecule has 116 valence electrons. The lowest BCUT2D eigenvalue weighted by Crippen LogP contribution is -2.51. The summed E-state index contributed by atoms with van der Waals surface area (Å²) < 4.78 is 0. The summed E-state index contributed by atoms with van der Waals surface area (Å²) in [4.78, 5) is 17.1. The molecule has 20 heavy (non-hydrogen) atoms. The van der Waals surface area contributed by atoms with Crippen molar-refractivity contribution in [1.29, 1.82) is 0 Å². The summed E-state index contributed by atoms with van der Waals surface area (Å²) in [6, 6.07) is 0.452. The summed E-state index contributed by atoms with van der Waals surface area (Å²) in [7, 11) is 0. The van der Waals surface area contributed by atoms with Gasteiger partial charge < -0.3 is 10.2 Å². The highest BCUT2D eigenvalue weighted by atomic mass is 16.2. The average Bonchev–Trinajstić information content (AvgIpc) is 2.98. The first-order chi connectivity index (χ1) is 9.59. The van der Waals surface area contributed by atoms with Crippen LogP contribution in [0.2, 0.25) is 0 Å². The number of likely N-dealkylation sites (tertiary alicyclic amines) is 1. The fraction of sp³-hybridized carbons (Fsp3) is 0.938. The topological polar surface area (TPSA) is 35.6 Å². The molecule has 0 saturated carbocycles. The first-order valence-electron chi connectivity index (χ1n) is 8.35. The number of nitrogens with zero attached hydrogens (tertiary/aromatic N) is 2. The van der Waals surface area contributed by atoms with Crippen LogP contribution in [0.25, 0.3) is 0 Å². The molecule has 0 aromatic heterocycles. The third kappa shape index (κ3) is 3.95. The van der Waals surface area contributed by atoms with Gasteiger partial charge in [0.15, 0.2) is 0 Å². The maximum absolute atomic E-state index is 12.6. The van der Waals surface area contributed by atoms with E-state index in [1.54, 1.807) is 0 Å². The van der Waals surface area contributed by atoms with Crippen LogP contribution >= 0.6 is 0 Å². The predicted octanol–water partition coefficient (Wildman–Crippen LogP) is 1.71. The van der Waals surface area contributed by atoms with Gasteiger partial charge in [0, 0.05) is 25.7 Å². The molecule has 4 nitrogen and oxygen atoms in total. The Labute approximate surface area is 123 Å². The van der Waals surface area contributed by atoms with Crippen molar-refractivity contribution in [3.05, 3.63) is 0 Å². The molecule has 0 aromatic rings. The van der Waals surface area contributed by atoms with E-state index in [-0.39, 0.29) is 6.04 Å². The molecule has 2 aliphatic rings. The molecule has 2 heterocycles. The molecule has 2 unspecified atom stereocenters. The zero-order valence-electron chi connectivity index (χ0n) is 13.4. The minimum atomic E-state index is 0.0232. The molecular weight excluding hydrogens is 250 g/mol. The maximum Gasteiger partial charge on any atom is 0.239 e. The van der Waals surface area contributed by atoms with E-state index < -0.39 is 0 Å². The van der Waals surface area contributed by atoms with Crippen LogP contribution < -0.4 is 5.32 Å². The van der Waals surface area contributed by atoms with Gasteiger partial charge in [-0.3, -0.25) is 9.69 Å². The highest BCUT2D eigenvalue weighted by molar-refractivity contribution is 5.81. The first-order valence-corrected chi connectivity index (χ1v) is 8.35. The molecule has 2 fully saturated rings. The van der Waals surface area contributed by atoms with Crippen molar-refractivity contribution in [3.63, 3.8) is 0 Å². The Morgan fingerprint density at radius 2 is 1.95 bits per heavy atom. The SMILES string of the molecule is CC(C)N(CC1CCCNC1)C(C)C(=O)N1CCCC1. The van der Waals surface area contributed by atoms with E-state index in [1.165, 1.54) is 25.7 Å². The molecule has 2 rings (SSSR count). The molecule has 0 aliphatic carbocycles. The van der Waals surface area contributed by atoms with Crippen LogP contribution in [0.5, 0.6) is 0 Å². The van der Waals surface area contributed by atoms with Gasteiger partial charge in [-0.15, -0.1) is 0 Å². The third-order valence-corrected chi connectivity index (χ3v) is 4.80. The van der Waals surface area contributed by atoms with Crippen molar-refractivity contribution in [2.24, 2.45) is 5.92 Å². The van der Waals surface area contributed by atoms with Gasteiger partial charge in [-0.1, -0.05) is 0 Å². The number of amides is 1. The Bertz CT molecular complexity index is 307. The molecule has 0 radical (unpaired) electrons. The van der Waals surface area contributed by atoms with E-state index in [2.05, 4.69) is 35.9 Å². The van der Waals surface area contributed by atoms with Gasteiger partial charge in [0.2, 0.25) is 5.91 Å². The Morgan fingerprint density at radius 1 is 1.25 bits per heavy atom. The van der Waals surface area contributed by atoms with Gasteiger partial charge in [0.05, 0.1) is 6.04 Å². The molecule has 1 amide bonds. The second kappa shape index (κ2) is 7.41. The smallest absolute Gasteiger partial charge is 0.239 e. The lowest BCUT2D eigenvalue weighted by Gasteiger charge is -2.37. The van der Waals surface area contributed by atoms with Gasteiger partial charge in [-0.25, -0.2) is 0 Å². The zero-order valence-corrected chi connectivity index (χ0v) is 13.4. The number of rotatable bonds is 5.